The molecule has 98 valence electrons. The van der Waals surface area contributed by atoms with Crippen LogP contribution in [-0.4, -0.2) is 24.7 Å². The second kappa shape index (κ2) is 5.87. The van der Waals surface area contributed by atoms with Gasteiger partial charge in [0.1, 0.15) is 0 Å². The van der Waals surface area contributed by atoms with E-state index >= 15 is 0 Å². The van der Waals surface area contributed by atoms with E-state index in [2.05, 4.69) is 22.9 Å². The maximum absolute atomic E-state index is 11.9. The van der Waals surface area contributed by atoms with Crippen molar-refractivity contribution in [2.75, 3.05) is 11.9 Å². The number of aryl methyl sites for hydroxylation is 1. The third-order valence-electron chi connectivity index (χ3n) is 3.23. The molecule has 0 bridgehead atoms. The molecule has 0 spiro atoms. The van der Waals surface area contributed by atoms with Crippen molar-refractivity contribution >= 4 is 11.7 Å². The Morgan fingerprint density at radius 3 is 3.00 bits per heavy atom. The van der Waals surface area contributed by atoms with E-state index in [4.69, 9.17) is 0 Å². The second-order valence-corrected chi connectivity index (χ2v) is 5.04. The molecule has 3 N–H and O–H groups in total. The van der Waals surface area contributed by atoms with Gasteiger partial charge in [0.2, 0.25) is 0 Å². The third kappa shape index (κ3) is 3.74. The minimum Gasteiger partial charge on any atom is -0.335 e. The first-order valence-electron chi connectivity index (χ1n) is 6.51. The van der Waals surface area contributed by atoms with Gasteiger partial charge in [-0.1, -0.05) is 12.1 Å². The summed E-state index contributed by atoms with van der Waals surface area (Å²) in [7, 11) is 0. The monoisotopic (exact) mass is 247 g/mol. The van der Waals surface area contributed by atoms with E-state index in [1.165, 1.54) is 0 Å². The SMILES string of the molecule is Cc1cccc(NC(=O)NC2CCNC(C)C2)c1. The summed E-state index contributed by atoms with van der Waals surface area (Å²) >= 11 is 0. The number of rotatable bonds is 2. The predicted octanol–water partition coefficient (Wildman–Crippen LogP) is 2.26. The summed E-state index contributed by atoms with van der Waals surface area (Å²) in [6.45, 7) is 5.13. The highest BCUT2D eigenvalue weighted by Gasteiger charge is 2.19. The van der Waals surface area contributed by atoms with Crippen LogP contribution in [0, 0.1) is 6.92 Å². The highest BCUT2D eigenvalue weighted by Crippen LogP contribution is 2.11. The molecular weight excluding hydrogens is 226 g/mol. The van der Waals surface area contributed by atoms with Crippen LogP contribution in [0.15, 0.2) is 24.3 Å². The van der Waals surface area contributed by atoms with Crippen LogP contribution in [-0.2, 0) is 0 Å². The van der Waals surface area contributed by atoms with E-state index in [1.54, 1.807) is 0 Å². The van der Waals surface area contributed by atoms with Gasteiger partial charge in [-0.3, -0.25) is 0 Å². The van der Waals surface area contributed by atoms with E-state index in [0.29, 0.717) is 6.04 Å². The lowest BCUT2D eigenvalue weighted by molar-refractivity contribution is 0.242. The van der Waals surface area contributed by atoms with Gasteiger partial charge in [-0.15, -0.1) is 0 Å². The maximum Gasteiger partial charge on any atom is 0.319 e. The topological polar surface area (TPSA) is 53.2 Å². The van der Waals surface area contributed by atoms with Crippen molar-refractivity contribution in [3.8, 4) is 0 Å². The number of carbonyl (C=O) groups is 1. The van der Waals surface area contributed by atoms with Gasteiger partial charge in [0.05, 0.1) is 0 Å². The molecule has 2 unspecified atom stereocenters. The molecule has 1 aromatic carbocycles. The first kappa shape index (κ1) is 12.9. The molecule has 0 aromatic heterocycles. The number of carbonyl (C=O) groups excluding carboxylic acids is 1. The summed E-state index contributed by atoms with van der Waals surface area (Å²) in [5.41, 5.74) is 1.98. The Bertz CT molecular complexity index is 419. The first-order valence-corrected chi connectivity index (χ1v) is 6.51. The predicted molar refractivity (Wildman–Crippen MR) is 73.8 cm³/mol. The van der Waals surface area contributed by atoms with Gasteiger partial charge in [0, 0.05) is 17.8 Å². The number of hydrogen-bond acceptors (Lipinski definition) is 2. The molecular formula is C14H21N3O. The Labute approximate surface area is 108 Å². The van der Waals surface area contributed by atoms with Crippen LogP contribution in [0.1, 0.15) is 25.3 Å². The molecule has 18 heavy (non-hydrogen) atoms. The maximum atomic E-state index is 11.9. The summed E-state index contributed by atoms with van der Waals surface area (Å²) in [5, 5.41) is 9.27. The largest absolute Gasteiger partial charge is 0.335 e. The zero-order chi connectivity index (χ0) is 13.0. The van der Waals surface area contributed by atoms with Crippen LogP contribution in [0.3, 0.4) is 0 Å². The summed E-state index contributed by atoms with van der Waals surface area (Å²) < 4.78 is 0. The van der Waals surface area contributed by atoms with Crippen molar-refractivity contribution in [3.05, 3.63) is 29.8 Å². The Balaban J connectivity index is 1.85. The van der Waals surface area contributed by atoms with Crippen LogP contribution in [0.5, 0.6) is 0 Å². The summed E-state index contributed by atoms with van der Waals surface area (Å²) in [4.78, 5) is 11.9. The molecule has 2 amide bonds. The van der Waals surface area contributed by atoms with E-state index in [-0.39, 0.29) is 12.1 Å². The highest BCUT2D eigenvalue weighted by molar-refractivity contribution is 5.89. The van der Waals surface area contributed by atoms with Gasteiger partial charge in [0.15, 0.2) is 0 Å². The molecule has 0 radical (unpaired) electrons. The number of hydrogen-bond donors (Lipinski definition) is 3. The van der Waals surface area contributed by atoms with E-state index < -0.39 is 0 Å². The van der Waals surface area contributed by atoms with Crippen molar-refractivity contribution in [1.82, 2.24) is 10.6 Å². The van der Waals surface area contributed by atoms with E-state index in [9.17, 15) is 4.79 Å². The first-order chi connectivity index (χ1) is 8.63. The van der Waals surface area contributed by atoms with Crippen molar-refractivity contribution in [1.29, 1.82) is 0 Å². The highest BCUT2D eigenvalue weighted by atomic mass is 16.2. The Hall–Kier alpha value is -1.55. The molecule has 1 aliphatic rings. The molecule has 1 heterocycles. The van der Waals surface area contributed by atoms with Crippen LogP contribution in [0.2, 0.25) is 0 Å². The van der Waals surface area contributed by atoms with Crippen LogP contribution < -0.4 is 16.0 Å². The summed E-state index contributed by atoms with van der Waals surface area (Å²) in [5.74, 6) is 0. The van der Waals surface area contributed by atoms with E-state index in [0.717, 1.165) is 30.6 Å². The van der Waals surface area contributed by atoms with Crippen molar-refractivity contribution in [2.24, 2.45) is 0 Å². The van der Waals surface area contributed by atoms with Crippen LogP contribution >= 0.6 is 0 Å². The Morgan fingerprint density at radius 2 is 2.28 bits per heavy atom. The van der Waals surface area contributed by atoms with Crippen LogP contribution in [0.4, 0.5) is 10.5 Å². The zero-order valence-corrected chi connectivity index (χ0v) is 11.0. The number of piperidine rings is 1. The lowest BCUT2D eigenvalue weighted by Gasteiger charge is -2.28. The van der Waals surface area contributed by atoms with E-state index in [1.807, 2.05) is 31.2 Å². The molecule has 1 aromatic rings. The summed E-state index contributed by atoms with van der Waals surface area (Å²) in [6, 6.07) is 8.45. The Kier molecular flexibility index (Phi) is 4.20. The van der Waals surface area contributed by atoms with Crippen molar-refractivity contribution in [3.63, 3.8) is 0 Å². The molecule has 4 heteroatoms. The normalized spacial score (nSPS) is 23.4. The number of urea groups is 1. The quantitative estimate of drug-likeness (QED) is 0.751. The Morgan fingerprint density at radius 1 is 1.44 bits per heavy atom. The molecule has 1 saturated heterocycles. The fourth-order valence-corrected chi connectivity index (χ4v) is 2.34. The lowest BCUT2D eigenvalue weighted by atomic mass is 10.0. The van der Waals surface area contributed by atoms with Gasteiger partial charge in [-0.05, 0) is 50.9 Å². The van der Waals surface area contributed by atoms with Crippen LogP contribution in [0.25, 0.3) is 0 Å². The molecule has 4 nitrogen and oxygen atoms in total. The minimum absolute atomic E-state index is 0.111. The molecule has 2 rings (SSSR count). The minimum atomic E-state index is -0.111. The second-order valence-electron chi connectivity index (χ2n) is 5.04. The fraction of sp³-hybridized carbons (Fsp3) is 0.500. The molecule has 1 aliphatic heterocycles. The van der Waals surface area contributed by atoms with Gasteiger partial charge in [0.25, 0.3) is 0 Å². The third-order valence-corrected chi connectivity index (χ3v) is 3.23. The summed E-state index contributed by atoms with van der Waals surface area (Å²) in [6.07, 6.45) is 1.98. The van der Waals surface area contributed by atoms with Crippen molar-refractivity contribution in [2.45, 2.75) is 38.8 Å². The number of nitrogens with one attached hydrogen (secondary N) is 3. The molecule has 0 saturated carbocycles. The fourth-order valence-electron chi connectivity index (χ4n) is 2.34. The van der Waals surface area contributed by atoms with Gasteiger partial charge in [-0.25, -0.2) is 4.79 Å². The molecule has 1 fully saturated rings. The average molecular weight is 247 g/mol. The van der Waals surface area contributed by atoms with Gasteiger partial charge in [-0.2, -0.15) is 0 Å². The number of benzene rings is 1. The average Bonchev–Trinajstić information content (AvgIpc) is 2.28. The molecule has 2 atom stereocenters. The standard InChI is InChI=1S/C14H21N3O/c1-10-4-3-5-12(8-10)16-14(18)17-13-6-7-15-11(2)9-13/h3-5,8,11,13,15H,6-7,9H2,1-2H3,(H2,16,17,18). The zero-order valence-electron chi connectivity index (χ0n) is 11.0. The molecule has 0 aliphatic carbocycles. The van der Waals surface area contributed by atoms with Gasteiger partial charge < -0.3 is 16.0 Å². The van der Waals surface area contributed by atoms with Gasteiger partial charge >= 0.3 is 6.03 Å². The lowest BCUT2D eigenvalue weighted by Crippen LogP contribution is -2.47. The number of anilines is 1. The van der Waals surface area contributed by atoms with Crippen molar-refractivity contribution < 1.29 is 4.79 Å². The number of amides is 2. The smallest absolute Gasteiger partial charge is 0.319 e.